The van der Waals surface area contributed by atoms with E-state index in [-0.39, 0.29) is 6.61 Å². The number of aliphatic hydroxyl groups is 1. The first-order valence-electron chi connectivity index (χ1n) is 5.64. The number of aryl methyl sites for hydroxylation is 1. The van der Waals surface area contributed by atoms with Crippen LogP contribution in [0.4, 0.5) is 10.2 Å². The van der Waals surface area contributed by atoms with Crippen molar-refractivity contribution in [3.05, 3.63) is 36.0 Å². The minimum absolute atomic E-state index is 0.126. The van der Waals surface area contributed by atoms with E-state index in [1.807, 2.05) is 0 Å². The molecule has 0 saturated heterocycles. The summed E-state index contributed by atoms with van der Waals surface area (Å²) in [7, 11) is 0. The second-order valence-corrected chi connectivity index (χ2v) is 3.75. The van der Waals surface area contributed by atoms with Crippen molar-refractivity contribution in [3.63, 3.8) is 0 Å². The highest BCUT2D eigenvalue weighted by atomic mass is 19.1. The third-order valence-electron chi connectivity index (χ3n) is 2.30. The van der Waals surface area contributed by atoms with Crippen LogP contribution in [0.5, 0.6) is 0 Å². The van der Waals surface area contributed by atoms with E-state index in [1.54, 1.807) is 23.0 Å². The molecule has 0 saturated carbocycles. The van der Waals surface area contributed by atoms with E-state index in [0.717, 1.165) is 5.69 Å². The average Bonchev–Trinajstić information content (AvgIpc) is 2.82. The molecule has 0 amide bonds. The summed E-state index contributed by atoms with van der Waals surface area (Å²) in [6.45, 7) is 1.18. The molecule has 0 atom stereocenters. The molecule has 0 bridgehead atoms. The predicted molar refractivity (Wildman–Crippen MR) is 63.2 cm³/mol. The van der Waals surface area contributed by atoms with Crippen molar-refractivity contribution in [2.75, 3.05) is 11.9 Å². The van der Waals surface area contributed by atoms with E-state index < -0.39 is 5.95 Å². The Morgan fingerprint density at radius 1 is 1.39 bits per heavy atom. The summed E-state index contributed by atoms with van der Waals surface area (Å²) in [5, 5.41) is 19.5. The second-order valence-electron chi connectivity index (χ2n) is 3.75. The Kier molecular flexibility index (Phi) is 4.19. The lowest BCUT2D eigenvalue weighted by Gasteiger charge is -2.02. The number of rotatable bonds is 6. The molecule has 2 heterocycles. The monoisotopic (exact) mass is 251 g/mol. The minimum atomic E-state index is -0.522. The van der Waals surface area contributed by atoms with Gasteiger partial charge in [-0.15, -0.1) is 5.10 Å². The number of aromatic nitrogens is 4. The first-order chi connectivity index (χ1) is 8.78. The molecule has 18 heavy (non-hydrogen) atoms. The molecule has 6 nitrogen and oxygen atoms in total. The van der Waals surface area contributed by atoms with Gasteiger partial charge in [0.25, 0.3) is 0 Å². The maximum absolute atomic E-state index is 12.8. The number of anilines is 1. The molecule has 7 heteroatoms. The first kappa shape index (κ1) is 12.4. The van der Waals surface area contributed by atoms with Crippen LogP contribution >= 0.6 is 0 Å². The van der Waals surface area contributed by atoms with Crippen molar-refractivity contribution >= 4 is 5.82 Å². The van der Waals surface area contributed by atoms with Crippen LogP contribution in [0.15, 0.2) is 24.4 Å². The van der Waals surface area contributed by atoms with Crippen LogP contribution in [0.25, 0.3) is 0 Å². The van der Waals surface area contributed by atoms with Gasteiger partial charge in [-0.1, -0.05) is 11.3 Å². The van der Waals surface area contributed by atoms with Gasteiger partial charge in [0.05, 0.1) is 12.7 Å². The van der Waals surface area contributed by atoms with Crippen molar-refractivity contribution < 1.29 is 9.50 Å². The first-order valence-corrected chi connectivity index (χ1v) is 5.64. The van der Waals surface area contributed by atoms with Gasteiger partial charge < -0.3 is 10.4 Å². The van der Waals surface area contributed by atoms with E-state index in [1.165, 1.54) is 6.07 Å². The maximum atomic E-state index is 12.8. The zero-order valence-corrected chi connectivity index (χ0v) is 9.75. The molecule has 0 fully saturated rings. The molecule has 0 radical (unpaired) electrons. The van der Waals surface area contributed by atoms with Crippen LogP contribution in [0.2, 0.25) is 0 Å². The summed E-state index contributed by atoms with van der Waals surface area (Å²) >= 11 is 0. The van der Waals surface area contributed by atoms with Crippen molar-refractivity contribution in [1.29, 1.82) is 0 Å². The van der Waals surface area contributed by atoms with Crippen molar-refractivity contribution in [1.82, 2.24) is 20.0 Å². The highest BCUT2D eigenvalue weighted by Crippen LogP contribution is 2.05. The van der Waals surface area contributed by atoms with E-state index in [0.29, 0.717) is 25.3 Å². The van der Waals surface area contributed by atoms with Crippen molar-refractivity contribution in [3.8, 4) is 0 Å². The Balaban J connectivity index is 1.88. The van der Waals surface area contributed by atoms with Crippen LogP contribution in [-0.4, -0.2) is 31.7 Å². The molecule has 0 unspecified atom stereocenters. The molecule has 0 aliphatic rings. The normalized spacial score (nSPS) is 10.6. The summed E-state index contributed by atoms with van der Waals surface area (Å²) in [6, 6.07) is 4.55. The zero-order chi connectivity index (χ0) is 12.8. The summed E-state index contributed by atoms with van der Waals surface area (Å²) in [5.41, 5.74) is 0.735. The van der Waals surface area contributed by atoms with Gasteiger partial charge in [-0.05, 0) is 18.6 Å². The summed E-state index contributed by atoms with van der Waals surface area (Å²) in [5.74, 6) is -0.0634. The number of hydrogen-bond acceptors (Lipinski definition) is 5. The van der Waals surface area contributed by atoms with E-state index >= 15 is 0 Å². The molecular formula is C11H14FN5O. The topological polar surface area (TPSA) is 75.9 Å². The highest BCUT2D eigenvalue weighted by Gasteiger charge is 2.01. The predicted octanol–water partition coefficient (Wildman–Crippen LogP) is 0.807. The largest absolute Gasteiger partial charge is 0.396 e. The lowest BCUT2D eigenvalue weighted by molar-refractivity contribution is 0.276. The number of hydrogen-bond donors (Lipinski definition) is 2. The summed E-state index contributed by atoms with van der Waals surface area (Å²) in [4.78, 5) is 3.68. The summed E-state index contributed by atoms with van der Waals surface area (Å²) < 4.78 is 14.5. The average molecular weight is 251 g/mol. The maximum Gasteiger partial charge on any atom is 0.214 e. The lowest BCUT2D eigenvalue weighted by Crippen LogP contribution is -2.02. The lowest BCUT2D eigenvalue weighted by atomic mass is 10.4. The Morgan fingerprint density at radius 2 is 2.28 bits per heavy atom. The fraction of sp³-hybridized carbons (Fsp3) is 0.364. The third kappa shape index (κ3) is 3.49. The molecule has 96 valence electrons. The molecule has 0 aliphatic carbocycles. The summed E-state index contributed by atoms with van der Waals surface area (Å²) in [6.07, 6.45) is 2.42. The second kappa shape index (κ2) is 6.06. The Labute approximate surface area is 103 Å². The van der Waals surface area contributed by atoms with Crippen LogP contribution in [0.3, 0.4) is 0 Å². The molecule has 0 aromatic carbocycles. The standard InChI is InChI=1S/C11H14FN5O/c12-10-3-1-4-11(14-10)13-7-9-8-17(16-15-9)5-2-6-18/h1,3-4,8,18H,2,5-7H2,(H,13,14). The van der Waals surface area contributed by atoms with Crippen LogP contribution < -0.4 is 5.32 Å². The van der Waals surface area contributed by atoms with Gasteiger partial charge >= 0.3 is 0 Å². The number of pyridine rings is 1. The zero-order valence-electron chi connectivity index (χ0n) is 9.75. The molecule has 2 aromatic rings. The van der Waals surface area contributed by atoms with Gasteiger partial charge in [0, 0.05) is 13.2 Å². The molecule has 2 aromatic heterocycles. The van der Waals surface area contributed by atoms with Crippen LogP contribution in [0, 0.1) is 5.95 Å². The van der Waals surface area contributed by atoms with Crippen LogP contribution in [-0.2, 0) is 13.1 Å². The van der Waals surface area contributed by atoms with Gasteiger partial charge in [-0.2, -0.15) is 4.39 Å². The molecular weight excluding hydrogens is 237 g/mol. The van der Waals surface area contributed by atoms with E-state index in [2.05, 4.69) is 20.6 Å². The molecule has 0 aliphatic heterocycles. The molecule has 2 N–H and O–H groups in total. The Bertz CT molecular complexity index is 502. The smallest absolute Gasteiger partial charge is 0.214 e. The Hall–Kier alpha value is -2.02. The fourth-order valence-corrected chi connectivity index (χ4v) is 1.45. The van der Waals surface area contributed by atoms with E-state index in [9.17, 15) is 4.39 Å². The molecule has 2 rings (SSSR count). The third-order valence-corrected chi connectivity index (χ3v) is 2.30. The van der Waals surface area contributed by atoms with Crippen molar-refractivity contribution in [2.24, 2.45) is 0 Å². The van der Waals surface area contributed by atoms with Crippen LogP contribution in [0.1, 0.15) is 12.1 Å². The number of halogens is 1. The fourth-order valence-electron chi connectivity index (χ4n) is 1.45. The SMILES string of the molecule is OCCCn1cc(CNc2cccc(F)n2)nn1. The molecule has 0 spiro atoms. The highest BCUT2D eigenvalue weighted by molar-refractivity contribution is 5.33. The number of nitrogens with zero attached hydrogens (tertiary/aromatic N) is 4. The quantitative estimate of drug-likeness (QED) is 0.743. The van der Waals surface area contributed by atoms with Gasteiger partial charge in [0.2, 0.25) is 5.95 Å². The minimum Gasteiger partial charge on any atom is -0.396 e. The van der Waals surface area contributed by atoms with E-state index in [4.69, 9.17) is 5.11 Å². The van der Waals surface area contributed by atoms with Crippen molar-refractivity contribution in [2.45, 2.75) is 19.5 Å². The number of nitrogens with one attached hydrogen (secondary N) is 1. The van der Waals surface area contributed by atoms with Gasteiger partial charge in [-0.25, -0.2) is 4.98 Å². The number of aliphatic hydroxyl groups excluding tert-OH is 1. The van der Waals surface area contributed by atoms with Gasteiger partial charge in [-0.3, -0.25) is 4.68 Å². The van der Waals surface area contributed by atoms with Gasteiger partial charge in [0.15, 0.2) is 0 Å². The Morgan fingerprint density at radius 3 is 3.06 bits per heavy atom. The van der Waals surface area contributed by atoms with Gasteiger partial charge in [0.1, 0.15) is 11.5 Å².